The minimum Gasteiger partial charge on any atom is -0.396 e. The van der Waals surface area contributed by atoms with E-state index in [0.717, 1.165) is 19.3 Å². The van der Waals surface area contributed by atoms with Crippen molar-refractivity contribution >= 4 is 73.0 Å². The Morgan fingerprint density at radius 1 is 0.378 bits per heavy atom. The molecule has 0 saturated carbocycles. The van der Waals surface area contributed by atoms with E-state index in [-0.39, 0.29) is 223 Å². The fourth-order valence-corrected chi connectivity index (χ4v) is 15.2. The fraction of sp³-hybridized carbons (Fsp3) is 0.867. The monoisotopic (exact) mass is 1840 g/mol. The lowest BCUT2D eigenvalue weighted by atomic mass is 9.97. The Kier molecular flexibility index (Phi) is 59.0. The average molecular weight is 1850 g/mol. The zero-order valence-corrected chi connectivity index (χ0v) is 75.0. The minimum absolute atomic E-state index is 0.00776. The van der Waals surface area contributed by atoms with Gasteiger partial charge in [0, 0.05) is 155 Å². The number of aliphatic hydroxyl groups is 11. The summed E-state index contributed by atoms with van der Waals surface area (Å²) in [7, 11) is -2.37. The van der Waals surface area contributed by atoms with E-state index < -0.39 is 155 Å². The molecule has 0 aliphatic carbocycles. The largest absolute Gasteiger partial charge is 0.697 e. The standard InChI is InChI=1S/C83H146N9O34P/c1-55(97)88-71-77(112)74(109)62(49-94)124-80(71)119-39-17-13-25-59(100)23-9-8-10-24-60(101)31-43-116-52-83(91-69(107)28-11-6-4-5-7-12-29-70(108)92-48-61(102)47-58(92)30-46-123-127(115)122-42-20-16-38-93,53-117-44-32-67(105)86-36-21-34-84-65(103)26-14-18-40-120-81-72(89-56(2)98)78(113)75(110)63(50-95)125-81)54-118-45-33-68(106)87-37-22-35-85-66(104)27-15-19-41-121-82-73(90-57(3)99)79(114)76(111)64(51-96)126-82/h58,61-64,71-82,93-96,102,109-114H,4-54H2,1-3H3,(H7-,84,85,86,87,88,89,90,91,97,98,99,103,104,105,106,107)/p+1. The molecule has 18 unspecified atom stereocenters. The molecule has 4 aliphatic heterocycles. The van der Waals surface area contributed by atoms with E-state index in [0.29, 0.717) is 116 Å². The number of ether oxygens (including phenoxy) is 9. The summed E-state index contributed by atoms with van der Waals surface area (Å²) in [5, 5.41) is 132. The van der Waals surface area contributed by atoms with Crippen LogP contribution in [0.5, 0.6) is 0 Å². The third kappa shape index (κ3) is 47.1. The molecule has 127 heavy (non-hydrogen) atoms. The van der Waals surface area contributed by atoms with Gasteiger partial charge in [0.05, 0.1) is 65.6 Å². The number of unbranched alkanes of at least 4 members (excludes halogenated alkanes) is 11. The van der Waals surface area contributed by atoms with Gasteiger partial charge in [-0.1, -0.05) is 32.1 Å². The molecule has 19 N–H and O–H groups in total. The van der Waals surface area contributed by atoms with Crippen LogP contribution in [-0.2, 0) is 109 Å². The maximum atomic E-state index is 14.1. The first-order valence-electron chi connectivity index (χ1n) is 44.9. The maximum Gasteiger partial charge on any atom is 0.697 e. The number of β-amino-alcohol motifs (C(OH)–C–C–N with tert-alkyl or cyclic N) is 1. The topological polar surface area (TPSA) is 628 Å². The van der Waals surface area contributed by atoms with Crippen LogP contribution >= 0.6 is 8.25 Å². The Balaban J connectivity index is 1.33. The van der Waals surface area contributed by atoms with Gasteiger partial charge in [0.15, 0.2) is 18.9 Å². The third-order valence-corrected chi connectivity index (χ3v) is 22.4. The summed E-state index contributed by atoms with van der Waals surface area (Å²) in [6.07, 6.45) is -4.86. The number of ketones is 2. The van der Waals surface area contributed by atoms with Crippen LogP contribution < -0.4 is 42.5 Å². The zero-order chi connectivity index (χ0) is 93.3. The van der Waals surface area contributed by atoms with Gasteiger partial charge in [-0.25, -0.2) is 0 Å². The average Bonchev–Trinajstić information content (AvgIpc) is 1.39. The number of hydrogen-bond acceptors (Lipinski definition) is 34. The van der Waals surface area contributed by atoms with Crippen molar-refractivity contribution in [1.29, 1.82) is 0 Å². The van der Waals surface area contributed by atoms with Crippen LogP contribution in [0.2, 0.25) is 0 Å². The van der Waals surface area contributed by atoms with E-state index in [9.17, 15) is 108 Å². The molecule has 0 spiro atoms. The summed E-state index contributed by atoms with van der Waals surface area (Å²) >= 11 is 0. The smallest absolute Gasteiger partial charge is 0.396 e. The second kappa shape index (κ2) is 66.2. The number of likely N-dealkylation sites (tertiary alicyclic amines) is 1. The molecule has 43 nitrogen and oxygen atoms in total. The molecular weight excluding hydrogens is 1700 g/mol. The normalized spacial score (nSPS) is 24.7. The van der Waals surface area contributed by atoms with Crippen molar-refractivity contribution in [2.75, 3.05) is 132 Å². The lowest BCUT2D eigenvalue weighted by molar-refractivity contribution is -0.270. The van der Waals surface area contributed by atoms with Gasteiger partial charge in [-0.3, -0.25) is 52.7 Å². The highest BCUT2D eigenvalue weighted by Crippen LogP contribution is 2.30. The van der Waals surface area contributed by atoms with Crippen molar-refractivity contribution in [3.8, 4) is 0 Å². The molecule has 18 atom stereocenters. The van der Waals surface area contributed by atoms with Crippen LogP contribution in [0, 0.1) is 0 Å². The van der Waals surface area contributed by atoms with Crippen LogP contribution in [-0.4, -0.2) is 367 Å². The predicted octanol–water partition coefficient (Wildman–Crippen LogP) is -2.28. The van der Waals surface area contributed by atoms with Crippen LogP contribution in [0.25, 0.3) is 0 Å². The van der Waals surface area contributed by atoms with Gasteiger partial charge in [-0.05, 0) is 103 Å². The molecule has 4 saturated heterocycles. The van der Waals surface area contributed by atoms with Crippen LogP contribution in [0.3, 0.4) is 0 Å². The van der Waals surface area contributed by atoms with Gasteiger partial charge in [0.2, 0.25) is 53.2 Å². The summed E-state index contributed by atoms with van der Waals surface area (Å²) in [5.41, 5.74) is -1.45. The highest BCUT2D eigenvalue weighted by molar-refractivity contribution is 7.33. The Morgan fingerprint density at radius 2 is 0.717 bits per heavy atom. The molecule has 4 aliphatic rings. The molecular formula is C83H147N9O34P+. The second-order valence-electron chi connectivity index (χ2n) is 32.6. The predicted molar refractivity (Wildman–Crippen MR) is 451 cm³/mol. The van der Waals surface area contributed by atoms with E-state index >= 15 is 0 Å². The van der Waals surface area contributed by atoms with Gasteiger partial charge in [-0.15, -0.1) is 9.05 Å². The van der Waals surface area contributed by atoms with Crippen molar-refractivity contribution in [3.05, 3.63) is 0 Å². The lowest BCUT2D eigenvalue weighted by Crippen LogP contribution is -2.64. The second-order valence-corrected chi connectivity index (χ2v) is 33.5. The minimum atomic E-state index is -2.37. The molecule has 0 radical (unpaired) electrons. The van der Waals surface area contributed by atoms with E-state index in [1.807, 2.05) is 0 Å². The quantitative estimate of drug-likeness (QED) is 0.0225. The lowest BCUT2D eigenvalue weighted by Gasteiger charge is -2.42. The van der Waals surface area contributed by atoms with Crippen molar-refractivity contribution in [2.24, 2.45) is 0 Å². The molecule has 0 aromatic carbocycles. The fourth-order valence-electron chi connectivity index (χ4n) is 14.6. The first-order chi connectivity index (χ1) is 60.9. The number of Topliss-reactive ketones (excluding diaryl/α,β-unsaturated/α-hetero) is 2. The number of rotatable bonds is 72. The first-order valence-corrected chi connectivity index (χ1v) is 46.0. The number of carbonyl (C=O) groups excluding carboxylic acids is 11. The number of amides is 9. The highest BCUT2D eigenvalue weighted by Gasteiger charge is 2.48. The summed E-state index contributed by atoms with van der Waals surface area (Å²) < 4.78 is 75.0. The third-order valence-electron chi connectivity index (χ3n) is 21.6. The molecule has 0 bridgehead atoms. The Labute approximate surface area is 743 Å². The molecule has 732 valence electrons. The van der Waals surface area contributed by atoms with Crippen molar-refractivity contribution in [1.82, 2.24) is 47.4 Å². The molecule has 9 amide bonds. The van der Waals surface area contributed by atoms with E-state index in [1.54, 1.807) is 4.90 Å². The number of hydrogen-bond donors (Lipinski definition) is 19. The van der Waals surface area contributed by atoms with Crippen molar-refractivity contribution < 1.29 is 165 Å². The Morgan fingerprint density at radius 3 is 1.13 bits per heavy atom. The number of nitrogens with zero attached hydrogens (tertiary/aromatic N) is 1. The SMILES string of the molecule is CC(=O)NC1C(OCCCCC(=O)CCCCCC(=O)CCOCC(COCCC(=O)NCCCNC(=O)CCCCOC2OC(CO)C(O)C(O)C2NC(C)=O)(COCCC(=O)NCCCNC(=O)CCCCOC2OC(CO)C(O)C(O)C2NC(C)=O)NC(=O)CCCCCCCCC(=O)N2CC(O)CC2CCO[P+](=O)OCCCCO)OC(CO)C(O)C1O. The first kappa shape index (κ1) is 113. The van der Waals surface area contributed by atoms with Gasteiger partial charge >= 0.3 is 8.25 Å². The van der Waals surface area contributed by atoms with E-state index in [4.69, 9.17) is 56.8 Å². The van der Waals surface area contributed by atoms with Crippen molar-refractivity contribution in [3.63, 3.8) is 0 Å². The summed E-state index contributed by atoms with van der Waals surface area (Å²) in [5.74, 6) is -3.40. The molecule has 0 aromatic rings. The van der Waals surface area contributed by atoms with Crippen LogP contribution in [0.4, 0.5) is 0 Å². The number of carbonyl (C=O) groups is 11. The summed E-state index contributed by atoms with van der Waals surface area (Å²) in [4.78, 5) is 142. The van der Waals surface area contributed by atoms with Crippen molar-refractivity contribution in [2.45, 2.75) is 329 Å². The Bertz CT molecular complexity index is 2960. The van der Waals surface area contributed by atoms with Crippen LogP contribution in [0.15, 0.2) is 0 Å². The van der Waals surface area contributed by atoms with E-state index in [1.165, 1.54) is 20.8 Å². The van der Waals surface area contributed by atoms with E-state index in [2.05, 4.69) is 42.5 Å². The van der Waals surface area contributed by atoms with Gasteiger partial charge in [-0.2, -0.15) is 0 Å². The number of nitrogens with one attached hydrogen (secondary N) is 8. The zero-order valence-electron chi connectivity index (χ0n) is 74.1. The Hall–Kier alpha value is -6.21. The van der Waals surface area contributed by atoms with Gasteiger partial charge in [0.25, 0.3) is 0 Å². The molecule has 44 heteroatoms. The summed E-state index contributed by atoms with van der Waals surface area (Å²) in [6.45, 7) is 2.25. The number of aliphatic hydroxyl groups excluding tert-OH is 11. The molecule has 4 rings (SSSR count). The van der Waals surface area contributed by atoms with Gasteiger partial charge < -0.3 is 146 Å². The highest BCUT2D eigenvalue weighted by atomic mass is 31.1. The molecule has 4 heterocycles. The molecule has 4 fully saturated rings. The van der Waals surface area contributed by atoms with Crippen LogP contribution in [0.1, 0.15) is 220 Å². The molecule has 0 aromatic heterocycles. The van der Waals surface area contributed by atoms with Gasteiger partial charge in [0.1, 0.15) is 103 Å². The summed E-state index contributed by atoms with van der Waals surface area (Å²) in [6, 6.07) is -3.59. The maximum absolute atomic E-state index is 14.1.